The molecule has 28 heavy (non-hydrogen) atoms. The van der Waals surface area contributed by atoms with E-state index in [4.69, 9.17) is 13.6 Å². The van der Waals surface area contributed by atoms with E-state index in [0.29, 0.717) is 6.42 Å². The summed E-state index contributed by atoms with van der Waals surface area (Å²) in [6.45, 7) is 18.6. The van der Waals surface area contributed by atoms with Gasteiger partial charge in [0, 0.05) is 6.66 Å². The first kappa shape index (κ1) is 27.8. The molecule has 0 amide bonds. The van der Waals surface area contributed by atoms with Gasteiger partial charge >= 0.3 is 7.60 Å². The fraction of sp³-hybridized carbons (Fsp3) is 0.810. The highest BCUT2D eigenvalue weighted by molar-refractivity contribution is 7.74. The molecule has 0 fully saturated rings. The number of allylic oxidation sites excluding steroid dienone is 4. The normalized spacial score (nSPS) is 16.5. The zero-order valence-electron chi connectivity index (χ0n) is 19.5. The van der Waals surface area contributed by atoms with E-state index in [1.165, 1.54) is 5.57 Å². The van der Waals surface area contributed by atoms with Crippen LogP contribution < -0.4 is 0 Å². The third kappa shape index (κ3) is 11.1. The minimum absolute atomic E-state index is 0.243. The van der Waals surface area contributed by atoms with Crippen molar-refractivity contribution in [3.8, 4) is 0 Å². The van der Waals surface area contributed by atoms with Gasteiger partial charge in [0.15, 0.2) is 0 Å². The van der Waals surface area contributed by atoms with Crippen LogP contribution in [-0.2, 0) is 22.7 Å². The second kappa shape index (κ2) is 12.5. The van der Waals surface area contributed by atoms with Crippen molar-refractivity contribution in [2.45, 2.75) is 105 Å². The van der Waals surface area contributed by atoms with Crippen LogP contribution in [-0.4, -0.2) is 30.4 Å². The van der Waals surface area contributed by atoms with E-state index in [1.54, 1.807) is 34.4 Å². The summed E-state index contributed by atoms with van der Waals surface area (Å²) >= 11 is 0. The lowest BCUT2D eigenvalue weighted by Gasteiger charge is -2.33. The molecule has 0 aliphatic carbocycles. The second-order valence-electron chi connectivity index (χ2n) is 8.50. The van der Waals surface area contributed by atoms with Crippen LogP contribution in [0.2, 0.25) is 0 Å². The Kier molecular flexibility index (Phi) is 12.4. The third-order valence-corrected chi connectivity index (χ3v) is 10.4. The van der Waals surface area contributed by atoms with E-state index in [9.17, 15) is 9.13 Å². The van der Waals surface area contributed by atoms with E-state index >= 15 is 0 Å². The summed E-state index contributed by atoms with van der Waals surface area (Å²) in [6.07, 6.45) is 5.51. The molecule has 0 bridgehead atoms. The lowest BCUT2D eigenvalue weighted by atomic mass is 10.1. The molecular weight excluding hydrogens is 394 g/mol. The van der Waals surface area contributed by atoms with Gasteiger partial charge in [0.05, 0.1) is 18.3 Å². The maximum Gasteiger partial charge on any atom is 0.344 e. The average molecular weight is 437 g/mol. The topological polar surface area (TPSA) is 61.8 Å². The molecule has 2 unspecified atom stereocenters. The molecule has 0 aromatic rings. The quantitative estimate of drug-likeness (QED) is 0.218. The third-order valence-electron chi connectivity index (χ3n) is 3.81. The molecule has 0 heterocycles. The molecule has 2 atom stereocenters. The summed E-state index contributed by atoms with van der Waals surface area (Å²) in [5.74, 6) is 0. The molecule has 0 aromatic heterocycles. The highest BCUT2D eigenvalue weighted by Crippen LogP contribution is 2.70. The van der Waals surface area contributed by atoms with Crippen molar-refractivity contribution in [3.05, 3.63) is 23.3 Å². The largest absolute Gasteiger partial charge is 0.344 e. The van der Waals surface area contributed by atoms with Gasteiger partial charge in [0.25, 0.3) is 0 Å². The van der Waals surface area contributed by atoms with E-state index in [-0.39, 0.29) is 18.3 Å². The van der Waals surface area contributed by atoms with E-state index in [1.807, 2.05) is 26.8 Å². The molecule has 0 aromatic carbocycles. The fourth-order valence-corrected chi connectivity index (χ4v) is 8.70. The first-order valence-corrected chi connectivity index (χ1v) is 14.0. The number of hydrogen-bond acceptors (Lipinski definition) is 5. The van der Waals surface area contributed by atoms with Crippen LogP contribution in [0, 0.1) is 0 Å². The summed E-state index contributed by atoms with van der Waals surface area (Å²) in [4.78, 5) is 0. The number of hydrogen-bond donors (Lipinski definition) is 0. The van der Waals surface area contributed by atoms with Gasteiger partial charge in [-0.15, -0.1) is 0 Å². The van der Waals surface area contributed by atoms with Crippen LogP contribution in [0.1, 0.15) is 81.6 Å². The molecule has 0 saturated carbocycles. The van der Waals surface area contributed by atoms with Crippen LogP contribution in [0.25, 0.3) is 0 Å². The first-order valence-electron chi connectivity index (χ1n) is 10.2. The van der Waals surface area contributed by atoms with Crippen molar-refractivity contribution in [2.24, 2.45) is 0 Å². The summed E-state index contributed by atoms with van der Waals surface area (Å²) in [7, 11) is -6.92. The van der Waals surface area contributed by atoms with Crippen LogP contribution in [0.5, 0.6) is 0 Å². The van der Waals surface area contributed by atoms with E-state index in [0.717, 1.165) is 18.4 Å². The standard InChI is InChI=1S/C21H42O5P2/c1-16(2)12-11-13-20(9)14-15-21(27(10,22)24-17(3)4)28(23,25-18(5)6)26-19(7)8/h12,14,17-19,21H,11,13,15H2,1-10H3/b20-14+. The summed E-state index contributed by atoms with van der Waals surface area (Å²) < 4.78 is 44.5. The highest BCUT2D eigenvalue weighted by Gasteiger charge is 2.47. The van der Waals surface area contributed by atoms with Crippen LogP contribution in [0.15, 0.2) is 23.3 Å². The molecule has 0 aliphatic rings. The van der Waals surface area contributed by atoms with Gasteiger partial charge < -0.3 is 13.6 Å². The molecule has 0 radical (unpaired) electrons. The SMILES string of the molecule is CC(C)=CCC/C(C)=C/CC(P(C)(=O)OC(C)C)P(=O)(OC(C)C)OC(C)C. The molecule has 0 N–H and O–H groups in total. The molecule has 0 saturated heterocycles. The Labute approximate surface area is 173 Å². The Morgan fingerprint density at radius 3 is 1.68 bits per heavy atom. The van der Waals surface area contributed by atoms with Gasteiger partial charge in [-0.25, -0.2) is 0 Å². The highest BCUT2D eigenvalue weighted by atomic mass is 31.2. The summed E-state index contributed by atoms with van der Waals surface area (Å²) in [6, 6.07) is 0. The Morgan fingerprint density at radius 2 is 1.29 bits per heavy atom. The first-order chi connectivity index (χ1) is 12.7. The smallest absolute Gasteiger partial charge is 0.325 e. The van der Waals surface area contributed by atoms with Crippen molar-refractivity contribution in [1.29, 1.82) is 0 Å². The predicted molar refractivity (Wildman–Crippen MR) is 121 cm³/mol. The van der Waals surface area contributed by atoms with Gasteiger partial charge in [0.2, 0.25) is 7.37 Å². The number of rotatable bonds is 13. The van der Waals surface area contributed by atoms with Crippen molar-refractivity contribution in [2.75, 3.05) is 6.66 Å². The Morgan fingerprint density at radius 1 is 0.821 bits per heavy atom. The second-order valence-corrected chi connectivity index (χ2v) is 13.7. The zero-order chi connectivity index (χ0) is 22.1. The molecule has 5 nitrogen and oxygen atoms in total. The minimum atomic E-state index is -3.66. The van der Waals surface area contributed by atoms with Crippen LogP contribution >= 0.6 is 15.0 Å². The van der Waals surface area contributed by atoms with Crippen LogP contribution in [0.3, 0.4) is 0 Å². The molecule has 0 rings (SSSR count). The lowest BCUT2D eigenvalue weighted by Crippen LogP contribution is -2.20. The molecular formula is C21H42O5P2. The van der Waals surface area contributed by atoms with Gasteiger partial charge in [-0.1, -0.05) is 23.3 Å². The van der Waals surface area contributed by atoms with Crippen LogP contribution in [0.4, 0.5) is 0 Å². The molecule has 7 heteroatoms. The van der Waals surface area contributed by atoms with Crippen molar-refractivity contribution in [1.82, 2.24) is 0 Å². The Bertz CT molecular complexity index is 602. The zero-order valence-corrected chi connectivity index (χ0v) is 21.3. The van der Waals surface area contributed by atoms with Gasteiger partial charge in [-0.05, 0) is 81.6 Å². The molecule has 166 valence electrons. The van der Waals surface area contributed by atoms with Gasteiger partial charge in [-0.2, -0.15) is 0 Å². The van der Waals surface area contributed by atoms with E-state index < -0.39 is 20.4 Å². The van der Waals surface area contributed by atoms with Crippen molar-refractivity contribution in [3.63, 3.8) is 0 Å². The van der Waals surface area contributed by atoms with Crippen molar-refractivity contribution < 1.29 is 22.7 Å². The average Bonchev–Trinajstić information content (AvgIpc) is 2.42. The van der Waals surface area contributed by atoms with Gasteiger partial charge in [-0.3, -0.25) is 9.13 Å². The predicted octanol–water partition coefficient (Wildman–Crippen LogP) is 7.77. The molecule has 0 aliphatic heterocycles. The summed E-state index contributed by atoms with van der Waals surface area (Å²) in [5.41, 5.74) is 2.45. The molecule has 0 spiro atoms. The Balaban J connectivity index is 5.82. The fourth-order valence-electron chi connectivity index (χ4n) is 2.82. The maximum atomic E-state index is 13.7. The monoisotopic (exact) mass is 436 g/mol. The van der Waals surface area contributed by atoms with E-state index in [2.05, 4.69) is 19.9 Å². The van der Waals surface area contributed by atoms with Crippen molar-refractivity contribution >= 4 is 15.0 Å². The maximum absolute atomic E-state index is 13.7. The lowest BCUT2D eigenvalue weighted by molar-refractivity contribution is 0.139. The Hall–Kier alpha value is -0.180. The van der Waals surface area contributed by atoms with Gasteiger partial charge in [0.1, 0.15) is 5.40 Å². The summed E-state index contributed by atoms with van der Waals surface area (Å²) in [5, 5.41) is -0.828. The minimum Gasteiger partial charge on any atom is -0.325 e.